The fourth-order valence-electron chi connectivity index (χ4n) is 3.65. The van der Waals surface area contributed by atoms with Gasteiger partial charge in [-0.1, -0.05) is 0 Å². The van der Waals surface area contributed by atoms with Crippen LogP contribution in [0.15, 0.2) is 0 Å². The summed E-state index contributed by atoms with van der Waals surface area (Å²) in [7, 11) is 0. The summed E-state index contributed by atoms with van der Waals surface area (Å²) >= 11 is 0. The van der Waals surface area contributed by atoms with Gasteiger partial charge in [0, 0.05) is 19.1 Å². The maximum Gasteiger partial charge on any atom is 0.329 e. The molecule has 116 valence electrons. The first-order chi connectivity index (χ1) is 9.20. The average molecular weight is 285 g/mol. The molecule has 1 N–H and O–H groups in total. The summed E-state index contributed by atoms with van der Waals surface area (Å²) < 4.78 is 11.5. The first kappa shape index (κ1) is 15.7. The largest absolute Gasteiger partial charge is 0.480 e. The van der Waals surface area contributed by atoms with Gasteiger partial charge in [-0.15, -0.1) is 0 Å². The molecule has 2 heterocycles. The Morgan fingerprint density at radius 1 is 1.30 bits per heavy atom. The second-order valence-corrected chi connectivity index (χ2v) is 7.13. The van der Waals surface area contributed by atoms with E-state index in [0.717, 1.165) is 32.4 Å². The van der Waals surface area contributed by atoms with Crippen molar-refractivity contribution >= 4 is 5.97 Å². The van der Waals surface area contributed by atoms with Crippen molar-refractivity contribution in [3.05, 3.63) is 0 Å². The molecule has 0 spiro atoms. The maximum absolute atomic E-state index is 10.5. The third-order valence-electron chi connectivity index (χ3n) is 4.39. The number of ether oxygens (including phenoxy) is 2. The zero-order valence-electron chi connectivity index (χ0n) is 13.0. The summed E-state index contributed by atoms with van der Waals surface area (Å²) in [6, 6.07) is 0.429. The highest BCUT2D eigenvalue weighted by Gasteiger charge is 2.48. The van der Waals surface area contributed by atoms with Crippen LogP contribution in [-0.2, 0) is 14.3 Å². The Hall–Kier alpha value is -0.650. The van der Waals surface area contributed by atoms with E-state index in [2.05, 4.69) is 32.6 Å². The Morgan fingerprint density at radius 2 is 1.90 bits per heavy atom. The van der Waals surface area contributed by atoms with E-state index >= 15 is 0 Å². The molecule has 0 aliphatic carbocycles. The van der Waals surface area contributed by atoms with E-state index in [0.29, 0.717) is 6.04 Å². The standard InChI is InChI=1S/C15H27NO4/c1-14(2)9-12(15(3,4)20-14)16-7-5-11(6-8-16)19-10-13(17)18/h11-12H,5-10H2,1-4H3,(H,17,18). The number of hydrogen-bond acceptors (Lipinski definition) is 4. The lowest BCUT2D eigenvalue weighted by atomic mass is 9.91. The minimum absolute atomic E-state index is 0.0647. The molecule has 0 bridgehead atoms. The number of carboxylic acids is 1. The fraction of sp³-hybridized carbons (Fsp3) is 0.933. The number of piperidine rings is 1. The van der Waals surface area contributed by atoms with Gasteiger partial charge in [-0.2, -0.15) is 0 Å². The Bertz CT molecular complexity index is 359. The molecular weight excluding hydrogens is 258 g/mol. The molecule has 1 atom stereocenters. The second kappa shape index (κ2) is 5.62. The SMILES string of the molecule is CC1(C)CC(N2CCC(OCC(=O)O)CC2)C(C)(C)O1. The van der Waals surface area contributed by atoms with Gasteiger partial charge in [-0.3, -0.25) is 4.90 Å². The van der Waals surface area contributed by atoms with Gasteiger partial charge in [-0.05, 0) is 47.0 Å². The van der Waals surface area contributed by atoms with Crippen LogP contribution in [0.3, 0.4) is 0 Å². The topological polar surface area (TPSA) is 59.0 Å². The van der Waals surface area contributed by atoms with Crippen LogP contribution in [0.5, 0.6) is 0 Å². The van der Waals surface area contributed by atoms with Crippen molar-refractivity contribution in [2.75, 3.05) is 19.7 Å². The minimum atomic E-state index is -0.889. The maximum atomic E-state index is 10.5. The molecule has 2 fully saturated rings. The fourth-order valence-corrected chi connectivity index (χ4v) is 3.65. The van der Waals surface area contributed by atoms with E-state index in [1.807, 2.05) is 0 Å². The zero-order valence-corrected chi connectivity index (χ0v) is 13.0. The molecule has 0 aromatic heterocycles. The van der Waals surface area contributed by atoms with Crippen LogP contribution in [0.1, 0.15) is 47.0 Å². The van der Waals surface area contributed by atoms with Crippen LogP contribution in [0.25, 0.3) is 0 Å². The highest BCUT2D eigenvalue weighted by Crippen LogP contribution is 2.40. The summed E-state index contributed by atoms with van der Waals surface area (Å²) in [5.74, 6) is -0.889. The van der Waals surface area contributed by atoms with Crippen LogP contribution in [-0.4, -0.2) is 59.0 Å². The summed E-state index contributed by atoms with van der Waals surface area (Å²) in [5.41, 5.74) is -0.191. The van der Waals surface area contributed by atoms with E-state index in [-0.39, 0.29) is 23.9 Å². The van der Waals surface area contributed by atoms with E-state index in [9.17, 15) is 4.79 Å². The molecule has 0 aromatic rings. The second-order valence-electron chi connectivity index (χ2n) is 7.13. The number of aliphatic carboxylic acids is 1. The molecule has 2 rings (SSSR count). The van der Waals surface area contributed by atoms with Crippen LogP contribution >= 0.6 is 0 Å². The zero-order chi connectivity index (χ0) is 15.0. The van der Waals surface area contributed by atoms with Crippen LogP contribution < -0.4 is 0 Å². The monoisotopic (exact) mass is 285 g/mol. The molecular formula is C15H27NO4. The van der Waals surface area contributed by atoms with Crippen LogP contribution in [0, 0.1) is 0 Å². The lowest BCUT2D eigenvalue weighted by Gasteiger charge is -2.40. The molecule has 0 saturated carbocycles. The van der Waals surface area contributed by atoms with Gasteiger partial charge in [-0.25, -0.2) is 4.79 Å². The van der Waals surface area contributed by atoms with Gasteiger partial charge in [0.1, 0.15) is 6.61 Å². The van der Waals surface area contributed by atoms with Gasteiger partial charge in [0.05, 0.1) is 17.3 Å². The van der Waals surface area contributed by atoms with Crippen molar-refractivity contribution in [1.29, 1.82) is 0 Å². The average Bonchev–Trinajstić information content (AvgIpc) is 2.55. The molecule has 2 aliphatic rings. The molecule has 5 heteroatoms. The Labute approximate surface area is 121 Å². The molecule has 2 aliphatic heterocycles. The smallest absolute Gasteiger partial charge is 0.329 e. The van der Waals surface area contributed by atoms with Crippen molar-refractivity contribution < 1.29 is 19.4 Å². The number of rotatable bonds is 4. The molecule has 5 nitrogen and oxygen atoms in total. The molecule has 20 heavy (non-hydrogen) atoms. The van der Waals surface area contributed by atoms with Crippen molar-refractivity contribution in [2.24, 2.45) is 0 Å². The van der Waals surface area contributed by atoms with E-state index in [4.69, 9.17) is 14.6 Å². The van der Waals surface area contributed by atoms with Crippen LogP contribution in [0.4, 0.5) is 0 Å². The number of hydrogen-bond donors (Lipinski definition) is 1. The van der Waals surface area contributed by atoms with E-state index in [1.54, 1.807) is 0 Å². The van der Waals surface area contributed by atoms with Gasteiger partial charge in [0.2, 0.25) is 0 Å². The van der Waals surface area contributed by atoms with Crippen molar-refractivity contribution in [3.63, 3.8) is 0 Å². The number of nitrogens with zero attached hydrogens (tertiary/aromatic N) is 1. The summed E-state index contributed by atoms with van der Waals surface area (Å²) in [6.45, 7) is 10.4. The third kappa shape index (κ3) is 3.71. The lowest BCUT2D eigenvalue weighted by molar-refractivity contribution is -0.145. The first-order valence-electron chi connectivity index (χ1n) is 7.47. The lowest BCUT2D eigenvalue weighted by Crippen LogP contribution is -2.50. The number of carboxylic acid groups (broad SMARTS) is 1. The minimum Gasteiger partial charge on any atom is -0.480 e. The molecule has 0 radical (unpaired) electrons. The molecule has 0 amide bonds. The highest BCUT2D eigenvalue weighted by atomic mass is 16.5. The predicted molar refractivity (Wildman–Crippen MR) is 75.8 cm³/mol. The van der Waals surface area contributed by atoms with Crippen molar-refractivity contribution in [1.82, 2.24) is 4.90 Å². The summed E-state index contributed by atoms with van der Waals surface area (Å²) in [4.78, 5) is 13.0. The Balaban J connectivity index is 1.86. The number of carbonyl (C=O) groups is 1. The Morgan fingerprint density at radius 3 is 2.35 bits per heavy atom. The van der Waals surface area contributed by atoms with Crippen molar-refractivity contribution in [2.45, 2.75) is 70.3 Å². The normalized spacial score (nSPS) is 30.5. The molecule has 2 saturated heterocycles. The van der Waals surface area contributed by atoms with Gasteiger partial charge in [0.15, 0.2) is 0 Å². The van der Waals surface area contributed by atoms with E-state index < -0.39 is 5.97 Å². The molecule has 0 aromatic carbocycles. The quantitative estimate of drug-likeness (QED) is 0.855. The highest BCUT2D eigenvalue weighted by molar-refractivity contribution is 5.68. The van der Waals surface area contributed by atoms with Gasteiger partial charge < -0.3 is 14.6 Å². The van der Waals surface area contributed by atoms with Gasteiger partial charge >= 0.3 is 5.97 Å². The number of likely N-dealkylation sites (tertiary alicyclic amines) is 1. The first-order valence-corrected chi connectivity index (χ1v) is 7.47. The predicted octanol–water partition coefficient (Wildman–Crippen LogP) is 1.90. The van der Waals surface area contributed by atoms with Crippen LogP contribution in [0.2, 0.25) is 0 Å². The summed E-state index contributed by atoms with van der Waals surface area (Å²) in [5, 5.41) is 8.64. The van der Waals surface area contributed by atoms with E-state index in [1.165, 1.54) is 0 Å². The Kier molecular flexibility index (Phi) is 4.42. The third-order valence-corrected chi connectivity index (χ3v) is 4.39. The summed E-state index contributed by atoms with van der Waals surface area (Å²) in [6.07, 6.45) is 2.93. The van der Waals surface area contributed by atoms with Crippen molar-refractivity contribution in [3.8, 4) is 0 Å². The van der Waals surface area contributed by atoms with Gasteiger partial charge in [0.25, 0.3) is 0 Å². The molecule has 1 unspecified atom stereocenters.